The van der Waals surface area contributed by atoms with Crippen LogP contribution in [0.5, 0.6) is 0 Å². The molecule has 3 aromatic rings. The number of unbranched alkanes of at least 4 members (excludes halogenated alkanes) is 4. The van der Waals surface area contributed by atoms with Crippen molar-refractivity contribution in [3.05, 3.63) is 108 Å². The minimum absolute atomic E-state index is 0.108. The summed E-state index contributed by atoms with van der Waals surface area (Å²) in [7, 11) is 3.50. The molecule has 4 saturated heterocycles. The van der Waals surface area contributed by atoms with Gasteiger partial charge in [-0.3, -0.25) is 38.9 Å². The number of hydrogen-bond donors (Lipinski definition) is 10. The molecule has 0 saturated carbocycles. The van der Waals surface area contributed by atoms with Crippen LogP contribution in [0.2, 0.25) is 0 Å². The zero-order chi connectivity index (χ0) is 58.4. The van der Waals surface area contributed by atoms with Gasteiger partial charge in [-0.1, -0.05) is 124 Å². The Hall–Kier alpha value is -6.25. The molecule has 7 rings (SSSR count). The number of hydrogen-bond acceptors (Lipinski definition) is 12. The van der Waals surface area contributed by atoms with Gasteiger partial charge in [-0.15, -0.1) is 0 Å². The smallest absolute Gasteiger partial charge is 0.247 e. The van der Waals surface area contributed by atoms with Gasteiger partial charge in [0.1, 0.15) is 30.4 Å². The molecule has 12 atom stereocenters. The maximum Gasteiger partial charge on any atom is 0.247 e. The van der Waals surface area contributed by atoms with Gasteiger partial charge in [0.25, 0.3) is 0 Å². The lowest BCUT2D eigenvalue weighted by atomic mass is 9.90. The van der Waals surface area contributed by atoms with Crippen molar-refractivity contribution in [2.24, 2.45) is 11.8 Å². The first-order valence-corrected chi connectivity index (χ1v) is 30.5. The zero-order valence-electron chi connectivity index (χ0n) is 48.8. The van der Waals surface area contributed by atoms with Crippen LogP contribution in [0, 0.1) is 11.8 Å². The van der Waals surface area contributed by atoms with E-state index in [0.29, 0.717) is 115 Å². The number of amides is 7. The molecule has 4 aliphatic heterocycles. The Morgan fingerprint density at radius 2 is 1.16 bits per heavy atom. The summed E-state index contributed by atoms with van der Waals surface area (Å²) < 4.78 is 0. The molecule has 4 aliphatic rings. The molecule has 0 bridgehead atoms. The van der Waals surface area contributed by atoms with E-state index in [-0.39, 0.29) is 71.9 Å². The van der Waals surface area contributed by atoms with Crippen LogP contribution in [0.4, 0.5) is 0 Å². The number of aliphatic hydroxyl groups excluding tert-OH is 1. The lowest BCUT2D eigenvalue weighted by Crippen LogP contribution is -2.60. The molecule has 0 aliphatic carbocycles. The third-order valence-corrected chi connectivity index (χ3v) is 17.5. The summed E-state index contributed by atoms with van der Waals surface area (Å²) in [6.07, 6.45) is 10.1. The summed E-state index contributed by atoms with van der Waals surface area (Å²) in [4.78, 5) is 102. The Kier molecular flexibility index (Phi) is 25.1. The number of nitrogens with one attached hydrogen (secondary N) is 9. The lowest BCUT2D eigenvalue weighted by molar-refractivity contribution is -0.144. The lowest BCUT2D eigenvalue weighted by Gasteiger charge is -2.34. The van der Waals surface area contributed by atoms with Crippen molar-refractivity contribution >= 4 is 41.4 Å². The second-order valence-electron chi connectivity index (χ2n) is 22.9. The van der Waals surface area contributed by atoms with E-state index in [1.54, 1.807) is 36.0 Å². The first kappa shape index (κ1) is 63.3. The summed E-state index contributed by atoms with van der Waals surface area (Å²) in [5.74, 6) is -2.22. The van der Waals surface area contributed by atoms with E-state index in [9.17, 15) is 38.7 Å². The van der Waals surface area contributed by atoms with Crippen LogP contribution in [-0.2, 0) is 46.7 Å². The highest BCUT2D eigenvalue weighted by Gasteiger charge is 2.49. The maximum absolute atomic E-state index is 14.8. The van der Waals surface area contributed by atoms with Crippen molar-refractivity contribution in [1.29, 1.82) is 0 Å². The molecule has 4 heterocycles. The van der Waals surface area contributed by atoms with Gasteiger partial charge in [0.05, 0.1) is 12.1 Å². The quantitative estimate of drug-likeness (QED) is 0.0322. The van der Waals surface area contributed by atoms with Crippen molar-refractivity contribution in [2.75, 3.05) is 33.7 Å². The van der Waals surface area contributed by atoms with E-state index < -0.39 is 48.4 Å². The van der Waals surface area contributed by atoms with Gasteiger partial charge in [-0.2, -0.15) is 0 Å². The number of carbonyl (C=O) groups is 7. The van der Waals surface area contributed by atoms with Crippen molar-refractivity contribution in [1.82, 2.24) is 57.7 Å². The van der Waals surface area contributed by atoms with Gasteiger partial charge in [-0.05, 0) is 127 Å². The minimum Gasteiger partial charge on any atom is -0.377 e. The number of fused-ring (bicyclic) bond motifs is 2. The highest BCUT2D eigenvalue weighted by Crippen LogP contribution is 2.37. The summed E-state index contributed by atoms with van der Waals surface area (Å²) in [5, 5.41) is 39.4. The molecular formula is C63H93N11O8. The SMILES string of the molecule is CC[C@H](NC)C(=O)N[C@@H]1C(=O)N2C(CC[C@@H]1CCNCc1ccccc1)CC[C@H]2C(=O)N[C@H](C(=O)NCCCCCCCC(=O)NC[C@H]1CC[C@H]2CC[C@@H](C(=O)NCc3ccccc3)N2C(=O)[C@H]1NC(O)[C@H](CC)NC)c1ccccc1. The molecule has 0 spiro atoms. The van der Waals surface area contributed by atoms with Crippen molar-refractivity contribution in [2.45, 2.75) is 197 Å². The van der Waals surface area contributed by atoms with E-state index in [1.807, 2.05) is 80.6 Å². The Labute approximate surface area is 485 Å². The summed E-state index contributed by atoms with van der Waals surface area (Å²) in [6, 6.07) is 23.8. The Balaban J connectivity index is 0.870. The molecule has 19 heteroatoms. The number of nitrogens with zero attached hydrogens (tertiary/aromatic N) is 2. The van der Waals surface area contributed by atoms with Crippen molar-refractivity contribution < 1.29 is 38.7 Å². The van der Waals surface area contributed by atoms with Crippen LogP contribution < -0.4 is 47.9 Å². The fourth-order valence-corrected chi connectivity index (χ4v) is 12.8. The zero-order valence-corrected chi connectivity index (χ0v) is 48.8. The van der Waals surface area contributed by atoms with Crippen molar-refractivity contribution in [3.8, 4) is 0 Å². The van der Waals surface area contributed by atoms with Gasteiger partial charge in [-0.25, -0.2) is 0 Å². The largest absolute Gasteiger partial charge is 0.377 e. The molecule has 0 radical (unpaired) electrons. The van der Waals surface area contributed by atoms with Crippen LogP contribution >= 0.6 is 0 Å². The van der Waals surface area contributed by atoms with E-state index in [0.717, 1.165) is 36.8 Å². The third kappa shape index (κ3) is 17.4. The Morgan fingerprint density at radius 1 is 0.585 bits per heavy atom. The van der Waals surface area contributed by atoms with E-state index in [2.05, 4.69) is 60.0 Å². The highest BCUT2D eigenvalue weighted by molar-refractivity contribution is 5.96. The van der Waals surface area contributed by atoms with E-state index in [4.69, 9.17) is 0 Å². The standard InChI is InChI=1S/C63H93N11O8/c1-5-49(64-3)57(76)71-55-45(36-38-66-39-42-21-13-10-14-22-42)28-30-47-33-35-52(74(47)62(55)81)60(79)70-54(44-25-17-12-18-26-44)61(80)67-37-20-9-7-8-19-27-53(75)68-41-46-29-31-48-32-34-51(59(78)69-40-43-23-15-11-16-24-43)73(48)63(82)56(46)72-58(77)50(6-2)65-4/h10-18,21-26,45-52,54-56,58,64-66,72,77H,5-9,19-20,27-41H2,1-4H3,(H,67,80)(H,68,75)(H,69,78)(H,70,79)(H,71,76)/t45-,46-,47?,48+,49+,50+,51+,52+,54+,55+,56+,58?/m1/s1. The number of aliphatic hydroxyl groups is 1. The number of benzene rings is 3. The molecule has 19 nitrogen and oxygen atoms in total. The predicted molar refractivity (Wildman–Crippen MR) is 316 cm³/mol. The average molecular weight is 1130 g/mol. The second kappa shape index (κ2) is 32.6. The van der Waals surface area contributed by atoms with Gasteiger partial charge < -0.3 is 57.4 Å². The van der Waals surface area contributed by atoms with Crippen LogP contribution in [0.15, 0.2) is 91.0 Å². The molecule has 3 aromatic carbocycles. The molecule has 448 valence electrons. The molecule has 7 amide bonds. The highest BCUT2D eigenvalue weighted by atomic mass is 16.3. The summed E-state index contributed by atoms with van der Waals surface area (Å²) in [6.45, 7) is 6.22. The van der Waals surface area contributed by atoms with Gasteiger partial charge in [0.2, 0.25) is 41.4 Å². The van der Waals surface area contributed by atoms with Crippen LogP contribution in [0.25, 0.3) is 0 Å². The number of rotatable bonds is 31. The average Bonchev–Trinajstić information content (AvgIpc) is 4.31. The third-order valence-electron chi connectivity index (χ3n) is 17.5. The second-order valence-corrected chi connectivity index (χ2v) is 22.9. The molecule has 0 aromatic heterocycles. The topological polar surface area (TPSA) is 254 Å². The first-order valence-electron chi connectivity index (χ1n) is 30.5. The van der Waals surface area contributed by atoms with E-state index in [1.165, 1.54) is 0 Å². The molecule has 82 heavy (non-hydrogen) atoms. The van der Waals surface area contributed by atoms with Crippen molar-refractivity contribution in [3.63, 3.8) is 0 Å². The molecular weight excluding hydrogens is 1040 g/mol. The summed E-state index contributed by atoms with van der Waals surface area (Å²) in [5.41, 5.74) is 2.75. The van der Waals surface area contributed by atoms with Crippen LogP contribution in [0.1, 0.15) is 146 Å². The van der Waals surface area contributed by atoms with E-state index >= 15 is 0 Å². The number of carbonyl (C=O) groups excluding carboxylic acids is 7. The molecule has 10 N–H and O–H groups in total. The fourth-order valence-electron chi connectivity index (χ4n) is 12.8. The minimum atomic E-state index is -1.03. The molecule has 2 unspecified atom stereocenters. The number of likely N-dealkylation sites (N-methyl/N-ethyl adjacent to an activating group) is 2. The monoisotopic (exact) mass is 1130 g/mol. The predicted octanol–water partition coefficient (Wildman–Crippen LogP) is 4.21. The first-order chi connectivity index (χ1) is 39.8. The maximum atomic E-state index is 14.8. The summed E-state index contributed by atoms with van der Waals surface area (Å²) >= 11 is 0. The van der Waals surface area contributed by atoms with Crippen LogP contribution in [-0.4, -0.2) is 145 Å². The fraction of sp³-hybridized carbons (Fsp3) is 0.603. The van der Waals surface area contributed by atoms with Gasteiger partial charge >= 0.3 is 0 Å². The van der Waals surface area contributed by atoms with Gasteiger partial charge in [0, 0.05) is 56.6 Å². The van der Waals surface area contributed by atoms with Crippen LogP contribution in [0.3, 0.4) is 0 Å². The Morgan fingerprint density at radius 3 is 1.78 bits per heavy atom. The Bertz CT molecular complexity index is 2500. The van der Waals surface area contributed by atoms with Gasteiger partial charge in [0.15, 0.2) is 0 Å². The molecule has 4 fully saturated rings. The normalized spacial score (nSPS) is 24.0.